The van der Waals surface area contributed by atoms with Crippen molar-refractivity contribution in [2.24, 2.45) is 0 Å². The lowest BCUT2D eigenvalue weighted by atomic mass is 10.1. The molecule has 4 heteroatoms. The molecule has 1 aromatic carbocycles. The quantitative estimate of drug-likeness (QED) is 0.451. The number of halogens is 4. The molecule has 1 aromatic rings. The molecule has 0 N–H and O–H groups in total. The van der Waals surface area contributed by atoms with Crippen LogP contribution in [0.2, 0.25) is 0 Å². The van der Waals surface area contributed by atoms with E-state index in [2.05, 4.69) is 19.7 Å². The topological polar surface area (TPSA) is 0 Å². The van der Waals surface area contributed by atoms with Crippen molar-refractivity contribution < 1.29 is 8.78 Å². The van der Waals surface area contributed by atoms with Gasteiger partial charge in [-0.2, -0.15) is 0 Å². The second kappa shape index (κ2) is 5.52. The van der Waals surface area contributed by atoms with Gasteiger partial charge in [-0.3, -0.25) is 0 Å². The van der Waals surface area contributed by atoms with Crippen molar-refractivity contribution in [1.29, 1.82) is 0 Å². The average Bonchev–Trinajstić information content (AvgIpc) is 2.14. The highest BCUT2D eigenvalue weighted by atomic mass is 127. The van der Waals surface area contributed by atoms with Crippen LogP contribution in [-0.2, 0) is 0 Å². The van der Waals surface area contributed by atoms with Crippen LogP contribution in [0.5, 0.6) is 0 Å². The minimum Gasteiger partial charge on any atom is -0.204 e. The number of hydrogen-bond donors (Lipinski definition) is 0. The molecule has 0 saturated heterocycles. The summed E-state index contributed by atoms with van der Waals surface area (Å²) < 4.78 is 30.8. The van der Waals surface area contributed by atoms with Crippen molar-refractivity contribution in [3.05, 3.63) is 34.9 Å². The van der Waals surface area contributed by atoms with Gasteiger partial charge in [0.2, 0.25) is 0 Å². The summed E-state index contributed by atoms with van der Waals surface area (Å²) in [6.07, 6.45) is 0. The highest BCUT2D eigenvalue weighted by Gasteiger charge is 2.06. The van der Waals surface area contributed by atoms with Crippen molar-refractivity contribution in [2.75, 3.05) is 0 Å². The van der Waals surface area contributed by atoms with Crippen LogP contribution in [0.25, 0.3) is 0 Å². The smallest absolute Gasteiger partial charge is 0.160 e. The molecule has 0 aliphatic rings. The van der Waals surface area contributed by atoms with E-state index in [0.717, 1.165) is 12.1 Å². The van der Waals surface area contributed by atoms with E-state index in [4.69, 9.17) is 0 Å². The summed E-state index contributed by atoms with van der Waals surface area (Å²) in [5, 5.41) is 0. The Balaban J connectivity index is 3.41. The van der Waals surface area contributed by atoms with Crippen molar-refractivity contribution in [3.8, 4) is 19.7 Å². The zero-order valence-electron chi connectivity index (χ0n) is 6.67. The summed E-state index contributed by atoms with van der Waals surface area (Å²) in [7, 11) is 0. The standard InChI is InChI=1S/C10H2F2I2/c11-9-5-7(1-3-13)8(2-4-14)6-10(9)12/h5-6H. The minimum absolute atomic E-state index is 0.405. The number of hydrogen-bond acceptors (Lipinski definition) is 0. The lowest BCUT2D eigenvalue weighted by Crippen LogP contribution is -1.90. The van der Waals surface area contributed by atoms with Crippen LogP contribution in [0, 0.1) is 31.3 Å². The van der Waals surface area contributed by atoms with Crippen molar-refractivity contribution in [3.63, 3.8) is 0 Å². The normalized spacial score (nSPS) is 8.29. The molecular weight excluding hydrogens is 412 g/mol. The average molecular weight is 414 g/mol. The van der Waals surface area contributed by atoms with E-state index in [1.54, 1.807) is 0 Å². The van der Waals surface area contributed by atoms with Crippen LogP contribution >= 0.6 is 45.2 Å². The van der Waals surface area contributed by atoms with E-state index < -0.39 is 11.6 Å². The predicted molar refractivity (Wildman–Crippen MR) is 68.2 cm³/mol. The van der Waals surface area contributed by atoms with Crippen LogP contribution in [0.3, 0.4) is 0 Å². The fourth-order valence-electron chi connectivity index (χ4n) is 0.855. The van der Waals surface area contributed by atoms with Gasteiger partial charge in [0.05, 0.1) is 0 Å². The summed E-state index contributed by atoms with van der Waals surface area (Å²) >= 11 is 3.66. The summed E-state index contributed by atoms with van der Waals surface area (Å²) in [5.41, 5.74) is 0.810. The van der Waals surface area contributed by atoms with Crippen molar-refractivity contribution in [2.45, 2.75) is 0 Å². The van der Waals surface area contributed by atoms with E-state index in [9.17, 15) is 8.78 Å². The third kappa shape index (κ3) is 2.82. The summed E-state index contributed by atoms with van der Waals surface area (Å²) in [5.74, 6) is 3.50. The Labute approximate surface area is 108 Å². The summed E-state index contributed by atoms with van der Waals surface area (Å²) in [4.78, 5) is 0. The molecule has 0 nitrogen and oxygen atoms in total. The molecule has 0 atom stereocenters. The molecule has 0 aliphatic heterocycles. The van der Waals surface area contributed by atoms with Gasteiger partial charge in [0.25, 0.3) is 0 Å². The van der Waals surface area contributed by atoms with Gasteiger partial charge in [0.1, 0.15) is 0 Å². The second-order valence-electron chi connectivity index (χ2n) is 2.25. The first-order valence-corrected chi connectivity index (χ1v) is 5.57. The largest absolute Gasteiger partial charge is 0.204 e. The summed E-state index contributed by atoms with van der Waals surface area (Å²) in [6.45, 7) is 0. The summed E-state index contributed by atoms with van der Waals surface area (Å²) in [6, 6.07) is 2.11. The monoisotopic (exact) mass is 414 g/mol. The SMILES string of the molecule is Fc1cc(C#CI)c(C#CI)cc1F. The minimum atomic E-state index is -0.904. The van der Waals surface area contributed by atoms with Crippen LogP contribution < -0.4 is 0 Å². The molecule has 0 bridgehead atoms. The molecule has 0 aliphatic carbocycles. The first kappa shape index (κ1) is 11.7. The fourth-order valence-corrected chi connectivity index (χ4v) is 1.44. The van der Waals surface area contributed by atoms with Gasteiger partial charge in [-0.05, 0) is 20.0 Å². The Morgan fingerprint density at radius 3 is 1.50 bits per heavy atom. The molecule has 0 heterocycles. The molecule has 0 spiro atoms. The highest BCUT2D eigenvalue weighted by molar-refractivity contribution is 14.1. The van der Waals surface area contributed by atoms with Gasteiger partial charge >= 0.3 is 0 Å². The first-order valence-electron chi connectivity index (χ1n) is 3.41. The first-order chi connectivity index (χ1) is 6.69. The van der Waals surface area contributed by atoms with Gasteiger partial charge in [0.15, 0.2) is 11.6 Å². The zero-order chi connectivity index (χ0) is 10.6. The Kier molecular flexibility index (Phi) is 4.63. The van der Waals surface area contributed by atoms with E-state index in [1.165, 1.54) is 0 Å². The van der Waals surface area contributed by atoms with E-state index in [-0.39, 0.29) is 0 Å². The van der Waals surface area contributed by atoms with Crippen LogP contribution in [0.1, 0.15) is 11.1 Å². The van der Waals surface area contributed by atoms with Gasteiger partial charge in [-0.15, -0.1) is 0 Å². The Hall–Kier alpha value is -0.340. The Morgan fingerprint density at radius 1 is 0.857 bits per heavy atom. The second-order valence-corrected chi connectivity index (χ2v) is 3.33. The lowest BCUT2D eigenvalue weighted by Gasteiger charge is -1.98. The molecular formula is C10H2F2I2. The van der Waals surface area contributed by atoms with Gasteiger partial charge in [-0.25, -0.2) is 8.78 Å². The van der Waals surface area contributed by atoms with Gasteiger partial charge < -0.3 is 0 Å². The lowest BCUT2D eigenvalue weighted by molar-refractivity contribution is 0.508. The molecule has 0 aromatic heterocycles. The molecule has 0 unspecified atom stereocenters. The Morgan fingerprint density at radius 2 is 1.21 bits per heavy atom. The molecule has 14 heavy (non-hydrogen) atoms. The van der Waals surface area contributed by atoms with E-state index >= 15 is 0 Å². The van der Waals surface area contributed by atoms with Crippen LogP contribution in [0.4, 0.5) is 8.78 Å². The van der Waals surface area contributed by atoms with Crippen LogP contribution in [0.15, 0.2) is 12.1 Å². The maximum atomic E-state index is 12.8. The van der Waals surface area contributed by atoms with Crippen LogP contribution in [-0.4, -0.2) is 0 Å². The number of benzene rings is 1. The fraction of sp³-hybridized carbons (Fsp3) is 0. The third-order valence-electron chi connectivity index (χ3n) is 1.42. The maximum Gasteiger partial charge on any atom is 0.160 e. The molecule has 0 radical (unpaired) electrons. The molecule has 70 valence electrons. The van der Waals surface area contributed by atoms with E-state index in [0.29, 0.717) is 11.1 Å². The molecule has 0 fully saturated rings. The Bertz CT molecular complexity index is 428. The zero-order valence-corrected chi connectivity index (χ0v) is 11.0. The molecule has 1 rings (SSSR count). The third-order valence-corrected chi connectivity index (χ3v) is 1.96. The molecule has 0 saturated carbocycles. The predicted octanol–water partition coefficient (Wildman–Crippen LogP) is 3.45. The highest BCUT2D eigenvalue weighted by Crippen LogP contribution is 2.13. The van der Waals surface area contributed by atoms with Gasteiger partial charge in [0, 0.05) is 56.3 Å². The maximum absolute atomic E-state index is 12.8. The van der Waals surface area contributed by atoms with E-state index in [1.807, 2.05) is 45.2 Å². The van der Waals surface area contributed by atoms with Crippen molar-refractivity contribution in [1.82, 2.24) is 0 Å². The van der Waals surface area contributed by atoms with Crippen molar-refractivity contribution >= 4 is 45.2 Å². The number of rotatable bonds is 0. The molecule has 0 amide bonds. The van der Waals surface area contributed by atoms with Gasteiger partial charge in [-0.1, -0.05) is 11.8 Å².